The highest BCUT2D eigenvalue weighted by Gasteiger charge is 2.08. The first-order valence-electron chi connectivity index (χ1n) is 6.54. The first-order chi connectivity index (χ1) is 10.6. The highest BCUT2D eigenvalue weighted by molar-refractivity contribution is 7.79. The van der Waals surface area contributed by atoms with E-state index in [4.69, 9.17) is 4.74 Å². The molecule has 3 aromatic carbocycles. The van der Waals surface area contributed by atoms with Gasteiger partial charge >= 0.3 is 5.97 Å². The molecule has 22 heavy (non-hydrogen) atoms. The van der Waals surface area contributed by atoms with Crippen molar-refractivity contribution in [1.29, 1.82) is 0 Å². The molecule has 3 aromatic rings. The molecule has 0 aliphatic carbocycles. The Hall–Kier alpha value is -2.50. The Balaban J connectivity index is 1.91. The molecule has 0 fully saturated rings. The molecule has 110 valence electrons. The fraction of sp³-hybridized carbons (Fsp3) is 0. The van der Waals surface area contributed by atoms with Gasteiger partial charge in [0.15, 0.2) is 0 Å². The second-order valence-electron chi connectivity index (χ2n) is 4.66. The second-order valence-corrected chi connectivity index (χ2v) is 5.60. The average molecular weight is 311 g/mol. The SMILES string of the molecule is O=C(Oc1ccc2ccc(S(=O)[O-])cc2c1)c1ccccc1. The molecule has 0 aliphatic heterocycles. The monoisotopic (exact) mass is 311 g/mol. The highest BCUT2D eigenvalue weighted by Crippen LogP contribution is 2.23. The maximum Gasteiger partial charge on any atom is 0.343 e. The van der Waals surface area contributed by atoms with E-state index in [9.17, 15) is 13.6 Å². The van der Waals surface area contributed by atoms with Gasteiger partial charge in [-0.25, -0.2) is 4.79 Å². The topological polar surface area (TPSA) is 66.4 Å². The van der Waals surface area contributed by atoms with Crippen LogP contribution in [-0.2, 0) is 11.1 Å². The van der Waals surface area contributed by atoms with Crippen LogP contribution in [0.15, 0.2) is 71.6 Å². The Kier molecular flexibility index (Phi) is 4.00. The summed E-state index contributed by atoms with van der Waals surface area (Å²) in [5, 5.41) is 1.56. The Bertz CT molecular complexity index is 859. The Morgan fingerprint density at radius 2 is 1.64 bits per heavy atom. The van der Waals surface area contributed by atoms with E-state index in [1.165, 1.54) is 12.1 Å². The van der Waals surface area contributed by atoms with Crippen molar-refractivity contribution in [3.8, 4) is 5.75 Å². The van der Waals surface area contributed by atoms with Crippen LogP contribution in [0.2, 0.25) is 0 Å². The zero-order valence-electron chi connectivity index (χ0n) is 11.4. The van der Waals surface area contributed by atoms with Crippen LogP contribution in [0, 0.1) is 0 Å². The third-order valence-corrected chi connectivity index (χ3v) is 3.83. The molecule has 0 aromatic heterocycles. The molecule has 0 saturated heterocycles. The summed E-state index contributed by atoms with van der Waals surface area (Å²) in [7, 11) is 0. The van der Waals surface area contributed by atoms with Gasteiger partial charge in [0.25, 0.3) is 0 Å². The van der Waals surface area contributed by atoms with Crippen LogP contribution in [0.4, 0.5) is 0 Å². The predicted molar refractivity (Wildman–Crippen MR) is 82.5 cm³/mol. The Morgan fingerprint density at radius 3 is 2.36 bits per heavy atom. The number of ether oxygens (including phenoxy) is 1. The fourth-order valence-electron chi connectivity index (χ4n) is 2.11. The lowest BCUT2D eigenvalue weighted by molar-refractivity contribution is 0.0735. The maximum absolute atomic E-state index is 12.0. The number of hydrogen-bond donors (Lipinski definition) is 0. The molecule has 0 N–H and O–H groups in total. The summed E-state index contributed by atoms with van der Waals surface area (Å²) in [5.41, 5.74) is 0.456. The Morgan fingerprint density at radius 1 is 0.909 bits per heavy atom. The van der Waals surface area contributed by atoms with Crippen molar-refractivity contribution in [2.24, 2.45) is 0 Å². The van der Waals surface area contributed by atoms with E-state index in [-0.39, 0.29) is 4.90 Å². The molecular weight excluding hydrogens is 300 g/mol. The summed E-state index contributed by atoms with van der Waals surface area (Å²) in [6, 6.07) is 18.5. The number of esters is 1. The van der Waals surface area contributed by atoms with Crippen LogP contribution in [-0.4, -0.2) is 14.7 Å². The maximum atomic E-state index is 12.0. The minimum atomic E-state index is -2.29. The molecule has 1 atom stereocenters. The Labute approximate surface area is 129 Å². The van der Waals surface area contributed by atoms with Gasteiger partial charge in [-0.1, -0.05) is 30.3 Å². The largest absolute Gasteiger partial charge is 0.768 e. The van der Waals surface area contributed by atoms with Crippen LogP contribution in [0.3, 0.4) is 0 Å². The zero-order chi connectivity index (χ0) is 15.5. The standard InChI is InChI=1S/C17H12O4S/c18-17(13-4-2-1-3-5-13)21-15-8-6-12-7-9-16(22(19)20)11-14(12)10-15/h1-11H,(H,19,20)/p-1. The van der Waals surface area contributed by atoms with E-state index in [0.717, 1.165) is 5.39 Å². The van der Waals surface area contributed by atoms with Crippen molar-refractivity contribution in [1.82, 2.24) is 0 Å². The molecule has 0 heterocycles. The normalized spacial score (nSPS) is 12.0. The number of carbonyl (C=O) groups is 1. The molecule has 0 amide bonds. The van der Waals surface area contributed by atoms with Crippen LogP contribution >= 0.6 is 0 Å². The molecular formula is C17H11O4S-. The average Bonchev–Trinajstić information content (AvgIpc) is 2.55. The van der Waals surface area contributed by atoms with E-state index >= 15 is 0 Å². The van der Waals surface area contributed by atoms with Gasteiger partial charge in [-0.05, 0) is 58.3 Å². The molecule has 4 nitrogen and oxygen atoms in total. The van der Waals surface area contributed by atoms with Gasteiger partial charge in [0, 0.05) is 4.90 Å². The van der Waals surface area contributed by atoms with Gasteiger partial charge < -0.3 is 9.29 Å². The van der Waals surface area contributed by atoms with Gasteiger partial charge in [-0.2, -0.15) is 0 Å². The lowest BCUT2D eigenvalue weighted by Gasteiger charge is -2.08. The van der Waals surface area contributed by atoms with Crippen LogP contribution in [0.5, 0.6) is 5.75 Å². The first kappa shape index (κ1) is 14.4. The number of rotatable bonds is 3. The third kappa shape index (κ3) is 3.05. The second kappa shape index (κ2) is 6.09. The van der Waals surface area contributed by atoms with E-state index in [0.29, 0.717) is 16.7 Å². The van der Waals surface area contributed by atoms with Gasteiger partial charge in [0.1, 0.15) is 5.75 Å². The smallest absolute Gasteiger partial charge is 0.343 e. The van der Waals surface area contributed by atoms with Gasteiger partial charge in [-0.15, -0.1) is 0 Å². The van der Waals surface area contributed by atoms with Crippen LogP contribution in [0.1, 0.15) is 10.4 Å². The van der Waals surface area contributed by atoms with Crippen molar-refractivity contribution >= 4 is 27.8 Å². The van der Waals surface area contributed by atoms with Gasteiger partial charge in [-0.3, -0.25) is 4.21 Å². The first-order valence-corrected chi connectivity index (χ1v) is 7.61. The van der Waals surface area contributed by atoms with Crippen molar-refractivity contribution < 1.29 is 18.3 Å². The molecule has 3 rings (SSSR count). The van der Waals surface area contributed by atoms with E-state index in [1.54, 1.807) is 48.5 Å². The highest BCUT2D eigenvalue weighted by atomic mass is 32.2. The summed E-state index contributed by atoms with van der Waals surface area (Å²) >= 11 is -2.29. The van der Waals surface area contributed by atoms with Crippen molar-refractivity contribution in [3.05, 3.63) is 72.3 Å². The van der Waals surface area contributed by atoms with Crippen molar-refractivity contribution in [2.75, 3.05) is 0 Å². The quantitative estimate of drug-likeness (QED) is 0.423. The number of carbonyl (C=O) groups excluding carboxylic acids is 1. The third-order valence-electron chi connectivity index (χ3n) is 3.20. The van der Waals surface area contributed by atoms with Crippen LogP contribution in [0.25, 0.3) is 10.8 Å². The molecule has 1 unspecified atom stereocenters. The van der Waals surface area contributed by atoms with E-state index in [1.807, 2.05) is 6.07 Å². The molecule has 5 heteroatoms. The molecule has 0 radical (unpaired) electrons. The van der Waals surface area contributed by atoms with E-state index in [2.05, 4.69) is 0 Å². The number of hydrogen-bond acceptors (Lipinski definition) is 4. The lowest BCUT2D eigenvalue weighted by atomic mass is 10.1. The van der Waals surface area contributed by atoms with Gasteiger partial charge in [0.2, 0.25) is 0 Å². The van der Waals surface area contributed by atoms with Crippen molar-refractivity contribution in [2.45, 2.75) is 4.90 Å². The summed E-state index contributed by atoms with van der Waals surface area (Å²) in [6.45, 7) is 0. The number of fused-ring (bicyclic) bond motifs is 1. The summed E-state index contributed by atoms with van der Waals surface area (Å²) < 4.78 is 27.3. The van der Waals surface area contributed by atoms with Crippen LogP contribution < -0.4 is 4.74 Å². The molecule has 0 bridgehead atoms. The minimum Gasteiger partial charge on any atom is -0.768 e. The molecule has 0 saturated carbocycles. The minimum absolute atomic E-state index is 0.194. The van der Waals surface area contributed by atoms with Gasteiger partial charge in [0.05, 0.1) is 5.56 Å². The molecule has 0 aliphatic rings. The van der Waals surface area contributed by atoms with E-state index < -0.39 is 17.0 Å². The summed E-state index contributed by atoms with van der Waals surface area (Å²) in [5.74, 6) is -0.0845. The predicted octanol–water partition coefficient (Wildman–Crippen LogP) is 3.30. The van der Waals surface area contributed by atoms with Crippen molar-refractivity contribution in [3.63, 3.8) is 0 Å². The molecule has 0 spiro atoms. The lowest BCUT2D eigenvalue weighted by Crippen LogP contribution is -2.07. The zero-order valence-corrected chi connectivity index (χ0v) is 12.2. The fourth-order valence-corrected chi connectivity index (χ4v) is 2.51. The number of benzene rings is 3. The summed E-state index contributed by atoms with van der Waals surface area (Å²) in [4.78, 5) is 12.2. The summed E-state index contributed by atoms with van der Waals surface area (Å²) in [6.07, 6.45) is 0.